The van der Waals surface area contributed by atoms with Crippen molar-refractivity contribution in [3.05, 3.63) is 215 Å². The molecule has 0 heterocycles. The van der Waals surface area contributed by atoms with Gasteiger partial charge in [-0.05, 0) is 78.6 Å². The molecule has 0 radical (unpaired) electrons. The van der Waals surface area contributed by atoms with E-state index in [-0.39, 0.29) is 5.91 Å². The summed E-state index contributed by atoms with van der Waals surface area (Å²) in [5, 5.41) is 16.9. The Kier molecular flexibility index (Phi) is 21.4. The first-order valence-corrected chi connectivity index (χ1v) is 25.4. The fourth-order valence-electron chi connectivity index (χ4n) is 9.83. The minimum Gasteiger partial charge on any atom is -0.481 e. The molecule has 0 aliphatic heterocycles. The van der Waals surface area contributed by atoms with Gasteiger partial charge in [0.05, 0.1) is 11.1 Å². The lowest BCUT2D eigenvalue weighted by Gasteiger charge is -2.37. The van der Waals surface area contributed by atoms with E-state index in [0.29, 0.717) is 19.4 Å². The number of benzene rings is 6. The summed E-state index contributed by atoms with van der Waals surface area (Å²) < 4.78 is 0. The quantitative estimate of drug-likeness (QED) is 0.0290. The van der Waals surface area contributed by atoms with E-state index in [4.69, 9.17) is 5.11 Å². The Morgan fingerprint density at radius 3 is 0.925 bits per heavy atom. The Morgan fingerprint density at radius 2 is 0.612 bits per heavy atom. The van der Waals surface area contributed by atoms with Crippen LogP contribution in [-0.2, 0) is 20.7 Å². The molecule has 0 unspecified atom stereocenters. The zero-order valence-electron chi connectivity index (χ0n) is 39.9. The van der Waals surface area contributed by atoms with Crippen LogP contribution in [0.15, 0.2) is 182 Å². The Labute approximate surface area is 402 Å². The number of carbonyl (C=O) groups excluding carboxylic acids is 1. The van der Waals surface area contributed by atoms with Gasteiger partial charge < -0.3 is 10.0 Å². The van der Waals surface area contributed by atoms with Crippen molar-refractivity contribution in [3.8, 4) is 0 Å². The molecule has 0 aliphatic carbocycles. The highest BCUT2D eigenvalue weighted by Crippen LogP contribution is 2.38. The number of carboxylic acids is 1. The van der Waals surface area contributed by atoms with Crippen LogP contribution in [0.2, 0.25) is 0 Å². The van der Waals surface area contributed by atoms with Gasteiger partial charge in [0, 0.05) is 25.9 Å². The van der Waals surface area contributed by atoms with Gasteiger partial charge in [-0.15, -0.1) is 0 Å². The summed E-state index contributed by atoms with van der Waals surface area (Å²) in [6.45, 7) is 2.97. The molecular formula is C61H75N3O3. The fourth-order valence-corrected chi connectivity index (χ4v) is 9.83. The molecule has 352 valence electrons. The first-order chi connectivity index (χ1) is 33.0. The maximum absolute atomic E-state index is 14.2. The van der Waals surface area contributed by atoms with Crippen molar-refractivity contribution in [2.24, 2.45) is 0 Å². The molecule has 0 saturated heterocycles. The minimum absolute atomic E-state index is 0.268. The summed E-state index contributed by atoms with van der Waals surface area (Å²) in [5.41, 5.74) is 6.12. The topological polar surface area (TPSA) is 81.7 Å². The number of unbranched alkanes of at least 4 members (excludes halogenated alkanes) is 12. The molecule has 0 aliphatic rings. The van der Waals surface area contributed by atoms with Gasteiger partial charge in [0.25, 0.3) is 0 Å². The number of carboxylic acid groups (broad SMARTS) is 1. The molecule has 6 aromatic rings. The summed E-state index contributed by atoms with van der Waals surface area (Å²) in [7, 11) is 0. The molecule has 67 heavy (non-hydrogen) atoms. The average Bonchev–Trinajstić information content (AvgIpc) is 3.38. The van der Waals surface area contributed by atoms with E-state index in [9.17, 15) is 9.59 Å². The number of hydrogen-bond acceptors (Lipinski definition) is 4. The largest absolute Gasteiger partial charge is 0.481 e. The molecule has 3 N–H and O–H groups in total. The number of aliphatic carboxylic acids is 1. The van der Waals surface area contributed by atoms with Crippen LogP contribution in [0.5, 0.6) is 0 Å². The third-order valence-electron chi connectivity index (χ3n) is 13.4. The lowest BCUT2D eigenvalue weighted by atomic mass is 9.77. The zero-order valence-corrected chi connectivity index (χ0v) is 39.9. The van der Waals surface area contributed by atoms with Gasteiger partial charge in [0.2, 0.25) is 5.91 Å². The standard InChI is InChI=1S/C61H75N3O3/c65-58(46-29-9-7-5-3-1-2-4-6-8-10-30-47-59(66)67)64(51-33-49-63-61(55-40-23-14-24-41-55,56-42-25-15-26-43-56)57-44-27-16-28-45-57)50-32-31-48-62-60(52-34-17-11-18-35-52,53-36-19-12-20-37-53)54-38-21-13-22-39-54/h11-28,34-45,62-63H,1-10,29-33,46-51H2,(H,66,67). The van der Waals surface area contributed by atoms with E-state index < -0.39 is 17.0 Å². The first-order valence-electron chi connectivity index (χ1n) is 25.4. The van der Waals surface area contributed by atoms with Gasteiger partial charge in [-0.3, -0.25) is 20.2 Å². The van der Waals surface area contributed by atoms with Crippen LogP contribution in [0.4, 0.5) is 0 Å². The molecule has 6 rings (SSSR count). The lowest BCUT2D eigenvalue weighted by Crippen LogP contribution is -2.46. The maximum Gasteiger partial charge on any atom is 0.303 e. The third-order valence-corrected chi connectivity index (χ3v) is 13.4. The van der Waals surface area contributed by atoms with Crippen LogP contribution in [0.3, 0.4) is 0 Å². The normalized spacial score (nSPS) is 11.6. The van der Waals surface area contributed by atoms with Crippen LogP contribution in [0.25, 0.3) is 0 Å². The Balaban J connectivity index is 1.08. The fraction of sp³-hybridized carbons (Fsp3) is 0.377. The molecule has 1 amide bonds. The molecule has 6 heteroatoms. The predicted molar refractivity (Wildman–Crippen MR) is 277 cm³/mol. The van der Waals surface area contributed by atoms with Gasteiger partial charge in [0.1, 0.15) is 0 Å². The predicted octanol–water partition coefficient (Wildman–Crippen LogP) is 13.7. The second-order valence-electron chi connectivity index (χ2n) is 18.1. The summed E-state index contributed by atoms with van der Waals surface area (Å²) >= 11 is 0. The van der Waals surface area contributed by atoms with Gasteiger partial charge in [-0.25, -0.2) is 0 Å². The summed E-state index contributed by atoms with van der Waals surface area (Å²) in [4.78, 5) is 27.0. The lowest BCUT2D eigenvalue weighted by molar-refractivity contribution is -0.137. The first kappa shape index (κ1) is 50.6. The van der Waals surface area contributed by atoms with Crippen LogP contribution in [0.1, 0.15) is 143 Å². The molecule has 0 spiro atoms. The molecule has 0 bridgehead atoms. The van der Waals surface area contributed by atoms with Crippen LogP contribution < -0.4 is 10.6 Å². The highest BCUT2D eigenvalue weighted by Gasteiger charge is 2.37. The van der Waals surface area contributed by atoms with Crippen LogP contribution in [-0.4, -0.2) is 48.1 Å². The number of carbonyl (C=O) groups is 2. The number of rotatable bonds is 32. The molecule has 6 aromatic carbocycles. The van der Waals surface area contributed by atoms with E-state index in [1.807, 2.05) is 0 Å². The Hall–Kier alpha value is -5.82. The smallest absolute Gasteiger partial charge is 0.303 e. The monoisotopic (exact) mass is 898 g/mol. The van der Waals surface area contributed by atoms with Crippen molar-refractivity contribution in [2.45, 2.75) is 120 Å². The second kappa shape index (κ2) is 28.4. The van der Waals surface area contributed by atoms with Gasteiger partial charge in [-0.2, -0.15) is 0 Å². The molecule has 0 fully saturated rings. The second-order valence-corrected chi connectivity index (χ2v) is 18.1. The number of nitrogens with zero attached hydrogens (tertiary/aromatic N) is 1. The highest BCUT2D eigenvalue weighted by atomic mass is 16.4. The summed E-state index contributed by atoms with van der Waals surface area (Å²) in [6, 6.07) is 64.6. The van der Waals surface area contributed by atoms with Crippen LogP contribution >= 0.6 is 0 Å². The van der Waals surface area contributed by atoms with Crippen molar-refractivity contribution in [1.29, 1.82) is 0 Å². The maximum atomic E-state index is 14.2. The molecule has 0 aromatic heterocycles. The van der Waals surface area contributed by atoms with E-state index in [1.54, 1.807) is 0 Å². The minimum atomic E-state index is -0.687. The van der Waals surface area contributed by atoms with Crippen molar-refractivity contribution in [3.63, 3.8) is 0 Å². The third kappa shape index (κ3) is 15.1. The van der Waals surface area contributed by atoms with Gasteiger partial charge >= 0.3 is 5.97 Å². The van der Waals surface area contributed by atoms with Crippen molar-refractivity contribution < 1.29 is 14.7 Å². The van der Waals surface area contributed by atoms with E-state index >= 15 is 0 Å². The van der Waals surface area contributed by atoms with E-state index in [1.165, 1.54) is 78.3 Å². The van der Waals surface area contributed by atoms with Crippen molar-refractivity contribution in [1.82, 2.24) is 15.5 Å². The number of hydrogen-bond donors (Lipinski definition) is 3. The Bertz CT molecular complexity index is 2050. The highest BCUT2D eigenvalue weighted by molar-refractivity contribution is 5.76. The van der Waals surface area contributed by atoms with Crippen LogP contribution in [0, 0.1) is 0 Å². The summed E-state index contributed by atoms with van der Waals surface area (Å²) in [5.74, 6) is -0.420. The SMILES string of the molecule is O=C(O)CCCCCCCCCCCCCCC(=O)N(CCCCNC(c1ccccc1)(c1ccccc1)c1ccccc1)CCCNC(c1ccccc1)(c1ccccc1)c1ccccc1. The van der Waals surface area contributed by atoms with Crippen molar-refractivity contribution >= 4 is 11.9 Å². The molecule has 0 saturated carbocycles. The Morgan fingerprint density at radius 1 is 0.343 bits per heavy atom. The molecule has 6 nitrogen and oxygen atoms in total. The number of nitrogens with one attached hydrogen (secondary N) is 2. The summed E-state index contributed by atoms with van der Waals surface area (Å²) in [6.07, 6.45) is 17.1. The van der Waals surface area contributed by atoms with E-state index in [0.717, 1.165) is 71.0 Å². The van der Waals surface area contributed by atoms with E-state index in [2.05, 4.69) is 198 Å². The van der Waals surface area contributed by atoms with Gasteiger partial charge in [0.15, 0.2) is 0 Å². The van der Waals surface area contributed by atoms with Crippen molar-refractivity contribution in [2.75, 3.05) is 26.2 Å². The molecular weight excluding hydrogens is 823 g/mol. The molecule has 0 atom stereocenters. The average molecular weight is 898 g/mol. The zero-order chi connectivity index (χ0) is 46.7. The number of amides is 1. The van der Waals surface area contributed by atoms with Gasteiger partial charge in [-0.1, -0.05) is 246 Å².